The minimum absolute atomic E-state index is 0. The molecule has 0 aliphatic rings. The summed E-state index contributed by atoms with van der Waals surface area (Å²) in [6.45, 7) is 3.89. The fraction of sp³-hybridized carbons (Fsp3) is 0.368. The van der Waals surface area contributed by atoms with Crippen molar-refractivity contribution in [2.75, 3.05) is 7.11 Å². The molecule has 0 aliphatic heterocycles. The van der Waals surface area contributed by atoms with Crippen LogP contribution < -0.4 is 15.8 Å². The molecule has 1 aromatic carbocycles. The molecule has 0 bridgehead atoms. The second kappa shape index (κ2) is 10.0. The summed E-state index contributed by atoms with van der Waals surface area (Å²) in [7, 11) is 1.61. The summed E-state index contributed by atoms with van der Waals surface area (Å²) in [5.41, 5.74) is 7.30. The highest BCUT2D eigenvalue weighted by Gasteiger charge is 2.18. The Hall–Kier alpha value is -2.91. The number of nitrogens with zero attached hydrogens (tertiary/aromatic N) is 3. The van der Waals surface area contributed by atoms with Crippen molar-refractivity contribution in [3.63, 3.8) is 0 Å². The third-order valence-corrected chi connectivity index (χ3v) is 4.17. The van der Waals surface area contributed by atoms with Crippen LogP contribution in [0.15, 0.2) is 39.5 Å². The molecule has 0 saturated carbocycles. The standard InChI is InChI=1S/C19H23N5O4.ClH/c1-11(2)17(20)18(25)21-9-16-23-15(24-28-16)8-13-10-27-19(22-13)12-4-6-14(26-3)7-5-12;/h4-7,10-11,17H,8-9,20H2,1-3H3,(H,21,25);1H/t17-;/m0./s1. The highest BCUT2D eigenvalue weighted by molar-refractivity contribution is 5.85. The normalized spacial score (nSPS) is 11.8. The van der Waals surface area contributed by atoms with Crippen LogP contribution in [0.1, 0.15) is 31.3 Å². The zero-order valence-corrected chi connectivity index (χ0v) is 17.2. The molecule has 0 unspecified atom stereocenters. The lowest BCUT2D eigenvalue weighted by molar-refractivity contribution is -0.123. The third-order valence-electron chi connectivity index (χ3n) is 4.17. The smallest absolute Gasteiger partial charge is 0.246 e. The Kier molecular flexibility index (Phi) is 7.74. The molecule has 2 aromatic heterocycles. The van der Waals surface area contributed by atoms with Gasteiger partial charge in [0.05, 0.1) is 31.8 Å². The molecule has 0 aliphatic carbocycles. The molecule has 1 atom stereocenters. The Balaban J connectivity index is 0.00000300. The monoisotopic (exact) mass is 421 g/mol. The van der Waals surface area contributed by atoms with Gasteiger partial charge >= 0.3 is 0 Å². The summed E-state index contributed by atoms with van der Waals surface area (Å²) in [4.78, 5) is 20.6. The minimum atomic E-state index is -0.575. The van der Waals surface area contributed by atoms with Gasteiger partial charge in [-0.15, -0.1) is 12.4 Å². The van der Waals surface area contributed by atoms with E-state index >= 15 is 0 Å². The molecule has 2 heterocycles. The summed E-state index contributed by atoms with van der Waals surface area (Å²) in [5.74, 6) is 1.80. The van der Waals surface area contributed by atoms with Crippen molar-refractivity contribution in [1.82, 2.24) is 20.4 Å². The molecule has 0 fully saturated rings. The SMILES string of the molecule is COc1ccc(-c2nc(Cc3noc(CNC(=O)[C@@H](N)C(C)C)n3)co2)cc1.Cl. The molecule has 1 amide bonds. The van der Waals surface area contributed by atoms with E-state index in [1.54, 1.807) is 13.4 Å². The molecule has 0 radical (unpaired) electrons. The number of aromatic nitrogens is 3. The van der Waals surface area contributed by atoms with E-state index < -0.39 is 6.04 Å². The van der Waals surface area contributed by atoms with Crippen molar-refractivity contribution in [3.8, 4) is 17.2 Å². The van der Waals surface area contributed by atoms with Crippen LogP contribution >= 0.6 is 12.4 Å². The average molecular weight is 422 g/mol. The Morgan fingerprint density at radius 2 is 1.97 bits per heavy atom. The molecule has 10 heteroatoms. The first-order valence-corrected chi connectivity index (χ1v) is 8.90. The van der Waals surface area contributed by atoms with Crippen molar-refractivity contribution in [2.24, 2.45) is 11.7 Å². The second-order valence-electron chi connectivity index (χ2n) is 6.64. The summed E-state index contributed by atoms with van der Waals surface area (Å²) < 4.78 is 15.8. The maximum Gasteiger partial charge on any atom is 0.246 e. The molecule has 0 spiro atoms. The Labute approximate surface area is 174 Å². The van der Waals surface area contributed by atoms with Crippen LogP contribution in [0.2, 0.25) is 0 Å². The first-order valence-electron chi connectivity index (χ1n) is 8.90. The summed E-state index contributed by atoms with van der Waals surface area (Å²) in [5, 5.41) is 6.59. The molecular formula is C19H24ClN5O4. The zero-order chi connectivity index (χ0) is 20.1. The number of amides is 1. The van der Waals surface area contributed by atoms with E-state index in [1.165, 1.54) is 0 Å². The van der Waals surface area contributed by atoms with E-state index in [2.05, 4.69) is 20.4 Å². The van der Waals surface area contributed by atoms with Crippen LogP contribution in [0.25, 0.3) is 11.5 Å². The maximum absolute atomic E-state index is 11.9. The number of nitrogens with one attached hydrogen (secondary N) is 1. The van der Waals surface area contributed by atoms with Crippen LogP contribution in [-0.2, 0) is 17.8 Å². The van der Waals surface area contributed by atoms with Crippen LogP contribution in [0.3, 0.4) is 0 Å². The predicted molar refractivity (Wildman–Crippen MR) is 108 cm³/mol. The van der Waals surface area contributed by atoms with Crippen LogP contribution in [0.4, 0.5) is 0 Å². The van der Waals surface area contributed by atoms with Crippen LogP contribution in [-0.4, -0.2) is 34.2 Å². The molecule has 0 saturated heterocycles. The summed E-state index contributed by atoms with van der Waals surface area (Å²) >= 11 is 0. The van der Waals surface area contributed by atoms with E-state index in [0.29, 0.717) is 29.7 Å². The third kappa shape index (κ3) is 5.78. The number of carbonyl (C=O) groups is 1. The number of oxazole rings is 1. The van der Waals surface area contributed by atoms with Crippen LogP contribution in [0.5, 0.6) is 5.75 Å². The van der Waals surface area contributed by atoms with E-state index in [1.807, 2.05) is 38.1 Å². The van der Waals surface area contributed by atoms with Gasteiger partial charge in [0.15, 0.2) is 5.82 Å². The highest BCUT2D eigenvalue weighted by atomic mass is 35.5. The van der Waals surface area contributed by atoms with Gasteiger partial charge in [-0.25, -0.2) is 4.98 Å². The number of ether oxygens (including phenoxy) is 1. The number of rotatable bonds is 8. The number of methoxy groups -OCH3 is 1. The fourth-order valence-corrected chi connectivity index (χ4v) is 2.43. The number of carbonyl (C=O) groups excluding carboxylic acids is 1. The van der Waals surface area contributed by atoms with Crippen molar-refractivity contribution in [1.29, 1.82) is 0 Å². The molecule has 29 heavy (non-hydrogen) atoms. The Morgan fingerprint density at radius 3 is 2.62 bits per heavy atom. The van der Waals surface area contributed by atoms with Crippen molar-refractivity contribution in [3.05, 3.63) is 47.9 Å². The topological polar surface area (TPSA) is 129 Å². The van der Waals surface area contributed by atoms with Gasteiger partial charge in [0.25, 0.3) is 0 Å². The number of nitrogens with two attached hydrogens (primary N) is 1. The van der Waals surface area contributed by atoms with E-state index in [0.717, 1.165) is 11.3 Å². The van der Waals surface area contributed by atoms with Gasteiger partial charge in [0.2, 0.25) is 17.7 Å². The van der Waals surface area contributed by atoms with Gasteiger partial charge in [-0.1, -0.05) is 19.0 Å². The lowest BCUT2D eigenvalue weighted by Gasteiger charge is -2.14. The van der Waals surface area contributed by atoms with E-state index in [4.69, 9.17) is 19.4 Å². The van der Waals surface area contributed by atoms with Gasteiger partial charge in [-0.3, -0.25) is 4.79 Å². The quantitative estimate of drug-likeness (QED) is 0.566. The van der Waals surface area contributed by atoms with Gasteiger partial charge in [0, 0.05) is 5.56 Å². The zero-order valence-electron chi connectivity index (χ0n) is 16.4. The first-order chi connectivity index (χ1) is 13.5. The molecule has 9 nitrogen and oxygen atoms in total. The highest BCUT2D eigenvalue weighted by Crippen LogP contribution is 2.22. The summed E-state index contributed by atoms with van der Waals surface area (Å²) in [6, 6.07) is 6.83. The maximum atomic E-state index is 11.9. The molecular weight excluding hydrogens is 398 g/mol. The minimum Gasteiger partial charge on any atom is -0.497 e. The largest absolute Gasteiger partial charge is 0.497 e. The summed E-state index contributed by atoms with van der Waals surface area (Å²) in [6.07, 6.45) is 1.90. The van der Waals surface area contributed by atoms with Gasteiger partial charge in [-0.2, -0.15) is 4.98 Å². The number of benzene rings is 1. The van der Waals surface area contributed by atoms with Gasteiger partial charge < -0.3 is 24.7 Å². The van der Waals surface area contributed by atoms with E-state index in [-0.39, 0.29) is 30.8 Å². The molecule has 3 N–H and O–H groups in total. The molecule has 3 aromatic rings. The lowest BCUT2D eigenvalue weighted by Crippen LogP contribution is -2.43. The van der Waals surface area contributed by atoms with Crippen molar-refractivity contribution >= 4 is 18.3 Å². The number of hydrogen-bond donors (Lipinski definition) is 2. The fourth-order valence-electron chi connectivity index (χ4n) is 2.43. The molecule has 156 valence electrons. The molecule has 3 rings (SSSR count). The average Bonchev–Trinajstić information content (AvgIpc) is 3.35. The van der Waals surface area contributed by atoms with Gasteiger partial charge in [-0.05, 0) is 30.2 Å². The van der Waals surface area contributed by atoms with Crippen molar-refractivity contribution < 1.29 is 18.5 Å². The predicted octanol–water partition coefficient (Wildman–Crippen LogP) is 2.35. The van der Waals surface area contributed by atoms with Crippen molar-refractivity contribution in [2.45, 2.75) is 32.9 Å². The first kappa shape index (κ1) is 22.4. The Morgan fingerprint density at radius 1 is 1.24 bits per heavy atom. The Bertz CT molecular complexity index is 923. The lowest BCUT2D eigenvalue weighted by atomic mass is 10.1. The number of halogens is 1. The second-order valence-corrected chi connectivity index (χ2v) is 6.64. The van der Waals surface area contributed by atoms with Crippen LogP contribution in [0, 0.1) is 5.92 Å². The van der Waals surface area contributed by atoms with E-state index in [9.17, 15) is 4.79 Å². The number of hydrogen-bond acceptors (Lipinski definition) is 8. The van der Waals surface area contributed by atoms with Gasteiger partial charge in [0.1, 0.15) is 12.0 Å².